The molecule has 3 aromatic carbocycles. The van der Waals surface area contributed by atoms with Crippen molar-refractivity contribution in [2.45, 2.75) is 45.2 Å². The standard InChI is InChI=1S/C29H33ClFN3O4S/c1-20(2)17-32-29(36)22(4)33(18-23-10-8-9-21(3)15-23)28(35)19-34(24-13-14-27(31)26(30)16-24)39(37,38)25-11-6-5-7-12-25/h5-16,20,22H,17-19H2,1-4H3,(H,32,36)/t22-/m0/s1. The fraction of sp³-hybridized carbons (Fsp3) is 0.310. The molecule has 0 bridgehead atoms. The fourth-order valence-corrected chi connectivity index (χ4v) is 5.53. The second-order valence-corrected chi connectivity index (χ2v) is 12.0. The lowest BCUT2D eigenvalue weighted by molar-refractivity contribution is -0.139. The maximum Gasteiger partial charge on any atom is 0.264 e. The number of anilines is 1. The second-order valence-electron chi connectivity index (χ2n) is 9.75. The highest BCUT2D eigenvalue weighted by atomic mass is 35.5. The first kappa shape index (κ1) is 30.1. The topological polar surface area (TPSA) is 86.8 Å². The predicted octanol–water partition coefficient (Wildman–Crippen LogP) is 5.17. The number of nitrogens with one attached hydrogen (secondary N) is 1. The van der Waals surface area contributed by atoms with Gasteiger partial charge < -0.3 is 10.2 Å². The third-order valence-corrected chi connectivity index (χ3v) is 8.17. The Kier molecular flexibility index (Phi) is 10.1. The SMILES string of the molecule is Cc1cccc(CN(C(=O)CN(c2ccc(F)c(Cl)c2)S(=O)(=O)c2ccccc2)[C@@H](C)C(=O)NCC(C)C)c1. The van der Waals surface area contributed by atoms with Crippen LogP contribution in [0.3, 0.4) is 0 Å². The lowest BCUT2D eigenvalue weighted by Crippen LogP contribution is -2.51. The molecule has 7 nitrogen and oxygen atoms in total. The van der Waals surface area contributed by atoms with Crippen LogP contribution in [0, 0.1) is 18.7 Å². The van der Waals surface area contributed by atoms with Crippen LogP contribution < -0.4 is 9.62 Å². The van der Waals surface area contributed by atoms with Gasteiger partial charge in [0.2, 0.25) is 11.8 Å². The van der Waals surface area contributed by atoms with Gasteiger partial charge in [0.1, 0.15) is 18.4 Å². The molecule has 1 N–H and O–H groups in total. The minimum atomic E-state index is -4.26. The van der Waals surface area contributed by atoms with Gasteiger partial charge in [-0.1, -0.05) is 73.5 Å². The van der Waals surface area contributed by atoms with Gasteiger partial charge in [-0.15, -0.1) is 0 Å². The molecular weight excluding hydrogens is 541 g/mol. The van der Waals surface area contributed by atoms with Gasteiger partial charge in [0.15, 0.2) is 0 Å². The number of hydrogen-bond acceptors (Lipinski definition) is 4. The van der Waals surface area contributed by atoms with Crippen LogP contribution in [-0.4, -0.2) is 44.3 Å². The molecule has 0 aliphatic heterocycles. The van der Waals surface area contributed by atoms with Crippen LogP contribution in [0.2, 0.25) is 5.02 Å². The average Bonchev–Trinajstić information content (AvgIpc) is 2.90. The summed E-state index contributed by atoms with van der Waals surface area (Å²) in [5.74, 6) is -1.48. The Labute approximate surface area is 234 Å². The third kappa shape index (κ3) is 7.80. The number of halogens is 2. The molecule has 10 heteroatoms. The highest BCUT2D eigenvalue weighted by Gasteiger charge is 2.32. The quantitative estimate of drug-likeness (QED) is 0.343. The number of sulfonamides is 1. The van der Waals surface area contributed by atoms with E-state index in [9.17, 15) is 22.4 Å². The highest BCUT2D eigenvalue weighted by molar-refractivity contribution is 7.92. The Hall–Kier alpha value is -3.43. The minimum absolute atomic E-state index is 0.0195. The van der Waals surface area contributed by atoms with Crippen molar-refractivity contribution in [2.24, 2.45) is 5.92 Å². The summed E-state index contributed by atoms with van der Waals surface area (Å²) in [7, 11) is -4.26. The number of aryl methyl sites for hydroxylation is 1. The summed E-state index contributed by atoms with van der Waals surface area (Å²) in [6.07, 6.45) is 0. The van der Waals surface area contributed by atoms with Gasteiger partial charge in [-0.3, -0.25) is 13.9 Å². The lowest BCUT2D eigenvalue weighted by Gasteiger charge is -2.32. The van der Waals surface area contributed by atoms with Crippen molar-refractivity contribution in [1.29, 1.82) is 0 Å². The van der Waals surface area contributed by atoms with Gasteiger partial charge >= 0.3 is 0 Å². The van der Waals surface area contributed by atoms with Crippen molar-refractivity contribution in [1.82, 2.24) is 10.2 Å². The van der Waals surface area contributed by atoms with Crippen molar-refractivity contribution in [3.63, 3.8) is 0 Å². The highest BCUT2D eigenvalue weighted by Crippen LogP contribution is 2.28. The van der Waals surface area contributed by atoms with E-state index in [4.69, 9.17) is 11.6 Å². The molecule has 0 saturated carbocycles. The van der Waals surface area contributed by atoms with E-state index in [1.165, 1.54) is 23.1 Å². The Morgan fingerprint density at radius 3 is 2.28 bits per heavy atom. The summed E-state index contributed by atoms with van der Waals surface area (Å²) in [6, 6.07) is 17.7. The number of benzene rings is 3. The van der Waals surface area contributed by atoms with E-state index in [0.717, 1.165) is 27.6 Å². The second kappa shape index (κ2) is 13.1. The summed E-state index contributed by atoms with van der Waals surface area (Å²) in [5.41, 5.74) is 1.78. The maximum absolute atomic E-state index is 14.0. The monoisotopic (exact) mass is 573 g/mol. The molecule has 0 aliphatic carbocycles. The maximum atomic E-state index is 14.0. The molecule has 0 heterocycles. The van der Waals surface area contributed by atoms with Crippen molar-refractivity contribution < 1.29 is 22.4 Å². The Balaban J connectivity index is 2.03. The average molecular weight is 574 g/mol. The van der Waals surface area contributed by atoms with Crippen LogP contribution >= 0.6 is 11.6 Å². The first-order valence-electron chi connectivity index (χ1n) is 12.6. The van der Waals surface area contributed by atoms with E-state index >= 15 is 0 Å². The molecule has 208 valence electrons. The van der Waals surface area contributed by atoms with Crippen LogP contribution in [0.25, 0.3) is 0 Å². The predicted molar refractivity (Wildman–Crippen MR) is 151 cm³/mol. The normalized spacial score (nSPS) is 12.2. The number of hydrogen-bond donors (Lipinski definition) is 1. The summed E-state index contributed by atoms with van der Waals surface area (Å²) in [4.78, 5) is 28.2. The number of carbonyl (C=O) groups excluding carboxylic acids is 2. The molecule has 0 saturated heterocycles. The minimum Gasteiger partial charge on any atom is -0.354 e. The van der Waals surface area contributed by atoms with Crippen LogP contribution in [0.15, 0.2) is 77.7 Å². The number of amides is 2. The fourth-order valence-electron chi connectivity index (χ4n) is 3.93. The molecule has 0 aromatic heterocycles. The van der Waals surface area contributed by atoms with Gasteiger partial charge in [-0.05, 0) is 55.7 Å². The molecule has 3 aromatic rings. The van der Waals surface area contributed by atoms with Crippen LogP contribution in [0.4, 0.5) is 10.1 Å². The molecular formula is C29H33ClFN3O4S. The van der Waals surface area contributed by atoms with Gasteiger partial charge in [0.05, 0.1) is 15.6 Å². The van der Waals surface area contributed by atoms with Crippen molar-refractivity contribution in [3.8, 4) is 0 Å². The van der Waals surface area contributed by atoms with Gasteiger partial charge in [-0.25, -0.2) is 12.8 Å². The molecule has 2 amide bonds. The summed E-state index contributed by atoms with van der Waals surface area (Å²) in [5, 5.41) is 2.56. The number of carbonyl (C=O) groups is 2. The summed E-state index contributed by atoms with van der Waals surface area (Å²) < 4.78 is 42.3. The summed E-state index contributed by atoms with van der Waals surface area (Å²) >= 11 is 5.98. The van der Waals surface area contributed by atoms with E-state index in [1.54, 1.807) is 25.1 Å². The summed E-state index contributed by atoms with van der Waals surface area (Å²) in [6.45, 7) is 7.32. The zero-order chi connectivity index (χ0) is 28.7. The number of rotatable bonds is 11. The molecule has 0 fully saturated rings. The van der Waals surface area contributed by atoms with Crippen LogP contribution in [-0.2, 0) is 26.2 Å². The van der Waals surface area contributed by atoms with Gasteiger partial charge in [0.25, 0.3) is 10.0 Å². The third-order valence-electron chi connectivity index (χ3n) is 6.09. The van der Waals surface area contributed by atoms with Gasteiger partial charge in [-0.2, -0.15) is 0 Å². The Morgan fingerprint density at radius 1 is 0.974 bits per heavy atom. The molecule has 3 rings (SSSR count). The van der Waals surface area contributed by atoms with E-state index in [2.05, 4.69) is 5.32 Å². The van der Waals surface area contributed by atoms with E-state index < -0.39 is 34.3 Å². The van der Waals surface area contributed by atoms with Crippen LogP contribution in [0.1, 0.15) is 31.9 Å². The largest absolute Gasteiger partial charge is 0.354 e. The van der Waals surface area contributed by atoms with Crippen molar-refractivity contribution in [3.05, 3.63) is 94.8 Å². The zero-order valence-electron chi connectivity index (χ0n) is 22.4. The van der Waals surface area contributed by atoms with E-state index in [1.807, 2.05) is 45.0 Å². The van der Waals surface area contributed by atoms with E-state index in [-0.39, 0.29) is 34.0 Å². The molecule has 0 radical (unpaired) electrons. The van der Waals surface area contributed by atoms with Crippen LogP contribution in [0.5, 0.6) is 0 Å². The molecule has 39 heavy (non-hydrogen) atoms. The Bertz CT molecular complexity index is 1420. The lowest BCUT2D eigenvalue weighted by atomic mass is 10.1. The Morgan fingerprint density at radius 2 is 1.67 bits per heavy atom. The smallest absolute Gasteiger partial charge is 0.264 e. The van der Waals surface area contributed by atoms with Crippen molar-refractivity contribution in [2.75, 3.05) is 17.4 Å². The van der Waals surface area contributed by atoms with Crippen molar-refractivity contribution >= 4 is 39.1 Å². The number of nitrogens with zero attached hydrogens (tertiary/aromatic N) is 2. The first-order chi connectivity index (χ1) is 18.4. The molecule has 0 aliphatic rings. The molecule has 0 unspecified atom stereocenters. The molecule has 0 spiro atoms. The first-order valence-corrected chi connectivity index (χ1v) is 14.4. The van der Waals surface area contributed by atoms with Gasteiger partial charge in [0, 0.05) is 13.1 Å². The zero-order valence-corrected chi connectivity index (χ0v) is 24.0. The van der Waals surface area contributed by atoms with E-state index in [0.29, 0.717) is 6.54 Å². The molecule has 1 atom stereocenters.